The third kappa shape index (κ3) is 3.90. The molecule has 148 valence electrons. The Labute approximate surface area is 165 Å². The van der Waals surface area contributed by atoms with Crippen LogP contribution in [0.15, 0.2) is 46.2 Å². The highest BCUT2D eigenvalue weighted by Gasteiger charge is 2.34. The van der Waals surface area contributed by atoms with Gasteiger partial charge in [0, 0.05) is 27.8 Å². The molecule has 2 aliphatic rings. The van der Waals surface area contributed by atoms with E-state index < -0.39 is 11.7 Å². The second-order valence-electron chi connectivity index (χ2n) is 7.16. The Balaban J connectivity index is 1.69. The molecule has 2 aromatic carbocycles. The molecule has 0 bridgehead atoms. The highest BCUT2D eigenvalue weighted by molar-refractivity contribution is 7.99. The van der Waals surface area contributed by atoms with Crippen molar-refractivity contribution in [2.45, 2.75) is 41.4 Å². The van der Waals surface area contributed by atoms with E-state index in [9.17, 15) is 18.0 Å². The van der Waals surface area contributed by atoms with Crippen LogP contribution < -0.4 is 16.4 Å². The van der Waals surface area contributed by atoms with E-state index in [4.69, 9.17) is 5.73 Å². The van der Waals surface area contributed by atoms with Crippen LogP contribution in [0.2, 0.25) is 0 Å². The fourth-order valence-electron chi connectivity index (χ4n) is 3.68. The van der Waals surface area contributed by atoms with Crippen molar-refractivity contribution >= 4 is 23.4 Å². The molecule has 0 aliphatic carbocycles. The van der Waals surface area contributed by atoms with Crippen molar-refractivity contribution in [1.82, 2.24) is 5.32 Å². The number of alkyl halides is 3. The first-order chi connectivity index (χ1) is 13.3. The summed E-state index contributed by atoms with van der Waals surface area (Å²) in [7, 11) is 0. The summed E-state index contributed by atoms with van der Waals surface area (Å²) in [5.41, 5.74) is 7.11. The SMILES string of the molecule is NC1CC(C(=O)Nc2cc(C(F)(F)F)cc3c2Cc2ccccc2S3)CCN1. The number of amides is 1. The van der Waals surface area contributed by atoms with Gasteiger partial charge in [0.25, 0.3) is 0 Å². The van der Waals surface area contributed by atoms with Crippen molar-refractivity contribution in [3.8, 4) is 0 Å². The lowest BCUT2D eigenvalue weighted by atomic mass is 9.94. The number of hydrogen-bond acceptors (Lipinski definition) is 4. The first-order valence-electron chi connectivity index (χ1n) is 9.11. The molecule has 2 heterocycles. The molecule has 4 rings (SSSR count). The Hall–Kier alpha value is -2.03. The van der Waals surface area contributed by atoms with Crippen LogP contribution in [0.5, 0.6) is 0 Å². The van der Waals surface area contributed by atoms with Crippen LogP contribution in [0, 0.1) is 5.92 Å². The van der Waals surface area contributed by atoms with Crippen LogP contribution in [0.25, 0.3) is 0 Å². The number of benzene rings is 2. The molecule has 1 amide bonds. The molecule has 4 nitrogen and oxygen atoms in total. The molecule has 0 radical (unpaired) electrons. The lowest BCUT2D eigenvalue weighted by Crippen LogP contribution is -2.46. The smallest absolute Gasteiger partial charge is 0.326 e. The van der Waals surface area contributed by atoms with Crippen molar-refractivity contribution in [3.05, 3.63) is 53.1 Å². The molecule has 2 unspecified atom stereocenters. The topological polar surface area (TPSA) is 67.2 Å². The molecule has 2 aliphatic heterocycles. The fraction of sp³-hybridized carbons (Fsp3) is 0.350. The molecule has 2 aromatic rings. The van der Waals surface area contributed by atoms with Crippen LogP contribution in [0.3, 0.4) is 0 Å². The van der Waals surface area contributed by atoms with E-state index in [1.165, 1.54) is 17.8 Å². The van der Waals surface area contributed by atoms with Crippen molar-refractivity contribution in [3.63, 3.8) is 0 Å². The Morgan fingerprint density at radius 3 is 2.75 bits per heavy atom. The van der Waals surface area contributed by atoms with Gasteiger partial charge in [0.1, 0.15) is 0 Å². The second-order valence-corrected chi connectivity index (χ2v) is 8.24. The minimum Gasteiger partial charge on any atom is -0.326 e. The molecule has 2 atom stereocenters. The van der Waals surface area contributed by atoms with Crippen molar-refractivity contribution in [1.29, 1.82) is 0 Å². The first kappa shape index (κ1) is 19.3. The average molecular weight is 407 g/mol. The number of hydrogen-bond donors (Lipinski definition) is 3. The van der Waals surface area contributed by atoms with Gasteiger partial charge in [-0.05, 0) is 48.7 Å². The number of nitrogens with two attached hydrogens (primary N) is 1. The Kier molecular flexibility index (Phi) is 5.11. The fourth-order valence-corrected chi connectivity index (χ4v) is 4.82. The maximum Gasteiger partial charge on any atom is 0.416 e. The minimum absolute atomic E-state index is 0.240. The molecule has 0 saturated carbocycles. The van der Waals surface area contributed by atoms with Gasteiger partial charge in [-0.2, -0.15) is 13.2 Å². The third-order valence-electron chi connectivity index (χ3n) is 5.16. The zero-order chi connectivity index (χ0) is 19.9. The number of fused-ring (bicyclic) bond motifs is 2. The zero-order valence-corrected chi connectivity index (χ0v) is 15.8. The number of nitrogens with one attached hydrogen (secondary N) is 2. The molecule has 0 aromatic heterocycles. The summed E-state index contributed by atoms with van der Waals surface area (Å²) in [5, 5.41) is 5.83. The van der Waals surface area contributed by atoms with Crippen LogP contribution >= 0.6 is 11.8 Å². The Bertz CT molecular complexity index is 916. The van der Waals surface area contributed by atoms with Crippen molar-refractivity contribution in [2.24, 2.45) is 11.7 Å². The van der Waals surface area contributed by atoms with Crippen molar-refractivity contribution < 1.29 is 18.0 Å². The van der Waals surface area contributed by atoms with Crippen LogP contribution in [-0.4, -0.2) is 18.6 Å². The Morgan fingerprint density at radius 1 is 1.21 bits per heavy atom. The van der Waals surface area contributed by atoms with Crippen LogP contribution in [0.1, 0.15) is 29.5 Å². The monoisotopic (exact) mass is 407 g/mol. The summed E-state index contributed by atoms with van der Waals surface area (Å²) in [4.78, 5) is 14.2. The minimum atomic E-state index is -4.48. The molecule has 4 N–H and O–H groups in total. The van der Waals surface area contributed by atoms with E-state index in [0.29, 0.717) is 30.7 Å². The lowest BCUT2D eigenvalue weighted by molar-refractivity contribution is -0.137. The lowest BCUT2D eigenvalue weighted by Gasteiger charge is -2.28. The van der Waals surface area contributed by atoms with Gasteiger partial charge in [-0.1, -0.05) is 30.0 Å². The normalized spacial score (nSPS) is 21.6. The summed E-state index contributed by atoms with van der Waals surface area (Å²) in [6, 6.07) is 9.85. The van der Waals surface area contributed by atoms with E-state index in [1.807, 2.05) is 24.3 Å². The summed E-state index contributed by atoms with van der Waals surface area (Å²) < 4.78 is 40.3. The van der Waals surface area contributed by atoms with Gasteiger partial charge in [0.2, 0.25) is 5.91 Å². The van der Waals surface area contributed by atoms with Crippen molar-refractivity contribution in [2.75, 3.05) is 11.9 Å². The van der Waals surface area contributed by atoms with E-state index in [0.717, 1.165) is 22.1 Å². The highest BCUT2D eigenvalue weighted by Crippen LogP contribution is 2.45. The van der Waals surface area contributed by atoms with Gasteiger partial charge in [0.15, 0.2) is 0 Å². The number of halogens is 3. The summed E-state index contributed by atoms with van der Waals surface area (Å²) in [6.07, 6.45) is -3.20. The predicted molar refractivity (Wildman–Crippen MR) is 102 cm³/mol. The van der Waals surface area contributed by atoms with Gasteiger partial charge in [0.05, 0.1) is 11.7 Å². The molecular formula is C20H20F3N3OS. The molecule has 8 heteroatoms. The molecule has 0 spiro atoms. The third-order valence-corrected chi connectivity index (χ3v) is 6.36. The summed E-state index contributed by atoms with van der Waals surface area (Å²) >= 11 is 1.31. The average Bonchev–Trinajstić information content (AvgIpc) is 2.65. The number of rotatable bonds is 2. The number of anilines is 1. The van der Waals surface area contributed by atoms with E-state index in [2.05, 4.69) is 10.6 Å². The van der Waals surface area contributed by atoms with E-state index in [1.54, 1.807) is 0 Å². The summed E-state index contributed by atoms with van der Waals surface area (Å²) in [5.74, 6) is -0.590. The van der Waals surface area contributed by atoms with E-state index >= 15 is 0 Å². The molecular weight excluding hydrogens is 387 g/mol. The molecule has 1 fully saturated rings. The number of carbonyl (C=O) groups is 1. The Morgan fingerprint density at radius 2 is 2.00 bits per heavy atom. The van der Waals surface area contributed by atoms with Gasteiger partial charge in [-0.15, -0.1) is 0 Å². The summed E-state index contributed by atoms with van der Waals surface area (Å²) in [6.45, 7) is 0.614. The number of piperidine rings is 1. The quantitative estimate of drug-likeness (QED) is 0.601. The van der Waals surface area contributed by atoms with Gasteiger partial charge in [-0.25, -0.2) is 0 Å². The van der Waals surface area contributed by atoms with E-state index in [-0.39, 0.29) is 23.7 Å². The van der Waals surface area contributed by atoms with Gasteiger partial charge < -0.3 is 16.4 Å². The highest BCUT2D eigenvalue weighted by atomic mass is 32.2. The van der Waals surface area contributed by atoms with Gasteiger partial charge >= 0.3 is 6.18 Å². The maximum absolute atomic E-state index is 13.4. The predicted octanol–water partition coefficient (Wildman–Crippen LogP) is 3.98. The second kappa shape index (κ2) is 7.42. The largest absolute Gasteiger partial charge is 0.416 e. The molecule has 1 saturated heterocycles. The standard InChI is InChI=1S/C20H20F3N3OS/c21-20(22,23)13-9-15(26-19(27)12-5-6-25-18(24)8-12)14-7-11-3-1-2-4-16(11)28-17(14)10-13/h1-4,9-10,12,18,25H,5-8,24H2,(H,26,27). The van der Waals surface area contributed by atoms with Crippen LogP contribution in [-0.2, 0) is 17.4 Å². The molecule has 28 heavy (non-hydrogen) atoms. The van der Waals surface area contributed by atoms with Gasteiger partial charge in [-0.3, -0.25) is 4.79 Å². The zero-order valence-electron chi connectivity index (χ0n) is 15.0. The number of carbonyl (C=O) groups excluding carboxylic acids is 1. The maximum atomic E-state index is 13.4. The first-order valence-corrected chi connectivity index (χ1v) is 9.92. The van der Waals surface area contributed by atoms with Crippen LogP contribution in [0.4, 0.5) is 18.9 Å².